The molecule has 0 bridgehead atoms. The van der Waals surface area contributed by atoms with E-state index in [1.54, 1.807) is 0 Å². The second kappa shape index (κ2) is 17.6. The van der Waals surface area contributed by atoms with Crippen molar-refractivity contribution in [1.82, 2.24) is 9.13 Å². The van der Waals surface area contributed by atoms with Gasteiger partial charge in [0.05, 0.1) is 22.1 Å². The van der Waals surface area contributed by atoms with Gasteiger partial charge in [-0.15, -0.1) is 0 Å². The third-order valence-electron chi connectivity index (χ3n) is 9.73. The molecule has 1 radical (unpaired) electrons. The topological polar surface area (TPSA) is 22.2 Å². The van der Waals surface area contributed by atoms with Gasteiger partial charge in [0.2, 0.25) is 0 Å². The van der Waals surface area contributed by atoms with Gasteiger partial charge < -0.3 is 16.6 Å². The van der Waals surface area contributed by atoms with Gasteiger partial charge >= 0.3 is 24.8 Å². The van der Waals surface area contributed by atoms with Crippen LogP contribution in [0.4, 0.5) is 0 Å². The van der Waals surface area contributed by atoms with Crippen molar-refractivity contribution >= 4 is 95.9 Å². The van der Waals surface area contributed by atoms with Crippen LogP contribution in [0.1, 0.15) is 0 Å². The molecule has 0 aliphatic carbocycles. The van der Waals surface area contributed by atoms with Crippen molar-refractivity contribution < 1.29 is 0 Å². The molecule has 0 unspecified atom stereocenters. The summed E-state index contributed by atoms with van der Waals surface area (Å²) in [6, 6.07) is 68.8. The first-order valence-electron chi connectivity index (χ1n) is 17.8. The van der Waals surface area contributed by atoms with Crippen molar-refractivity contribution in [3.8, 4) is 33.6 Å². The zero-order valence-electron chi connectivity index (χ0n) is 30.6. The predicted octanol–water partition coefficient (Wildman–Crippen LogP) is 15.1. The Balaban J connectivity index is 0.000000158. The van der Waals surface area contributed by atoms with Crippen molar-refractivity contribution in [3.05, 3.63) is 210 Å². The standard InChI is InChI=1S/C24H15Br2N.C24H17N.CH3.BHNS/c25-18-8-12-23-21(14-18)22-15-19(26)9-13-24(22)27(23)20-10-6-17(7-11-20)16-4-2-1-3-5-16;1-2-8-18(9-3-1)19-14-16-20(17-15-19)25-23-12-6-4-10-21(23)22-11-5-7-13-24(22)25;;1-2-3/h1-15H;1-17H;1H3;3H/q;;-1;. The molecule has 2 heterocycles. The molecule has 8 aromatic carbocycles. The number of hydrogen-bond acceptors (Lipinski definition) is 2. The van der Waals surface area contributed by atoms with Crippen LogP contribution in [-0.4, -0.2) is 16.8 Å². The Bertz CT molecular complexity index is 2790. The van der Waals surface area contributed by atoms with E-state index in [0.29, 0.717) is 0 Å². The Morgan fingerprint density at radius 3 is 1.05 bits per heavy atom. The number of fused-ring (bicyclic) bond motifs is 6. The maximum Gasteiger partial charge on any atom is 0.0541 e. The first-order chi connectivity index (χ1) is 27.0. The number of para-hydroxylation sites is 2. The molecule has 3 nitrogen and oxygen atoms in total. The smallest absolute Gasteiger partial charge is 0.0541 e. The molecule has 0 saturated heterocycles. The maximum atomic E-state index is 4.34. The number of nitrogens with zero attached hydrogens (tertiary/aromatic N) is 3. The fraction of sp³-hybridized carbons (Fsp3) is 0. The van der Waals surface area contributed by atoms with Gasteiger partial charge in [-0.2, -0.15) is 0 Å². The van der Waals surface area contributed by atoms with Gasteiger partial charge in [0, 0.05) is 41.9 Å². The average molecular weight is 870 g/mol. The minimum absolute atomic E-state index is 0. The van der Waals surface area contributed by atoms with Gasteiger partial charge in [-0.05, 0) is 95.1 Å². The van der Waals surface area contributed by atoms with Crippen LogP contribution in [0.15, 0.2) is 207 Å². The number of benzene rings is 8. The van der Waals surface area contributed by atoms with E-state index < -0.39 is 0 Å². The van der Waals surface area contributed by atoms with Crippen molar-refractivity contribution in [2.24, 2.45) is 4.30 Å². The Hall–Kier alpha value is -5.47. The summed E-state index contributed by atoms with van der Waals surface area (Å²) in [5, 5.41) is 5.08. The second-order valence-electron chi connectivity index (χ2n) is 13.0. The van der Waals surface area contributed by atoms with E-state index in [1.807, 2.05) is 6.07 Å². The zero-order valence-corrected chi connectivity index (χ0v) is 34.7. The molecule has 0 fully saturated rings. The maximum absolute atomic E-state index is 4.34. The van der Waals surface area contributed by atoms with Gasteiger partial charge in [-0.1, -0.05) is 153 Å². The molecule has 10 rings (SSSR count). The fourth-order valence-electron chi connectivity index (χ4n) is 7.31. The average Bonchev–Trinajstić information content (AvgIpc) is 3.74. The van der Waals surface area contributed by atoms with Crippen LogP contribution < -0.4 is 0 Å². The molecule has 0 amide bonds. The van der Waals surface area contributed by atoms with Crippen LogP contribution >= 0.6 is 44.7 Å². The van der Waals surface area contributed by atoms with Gasteiger partial charge in [-0.25, -0.2) is 0 Å². The summed E-state index contributed by atoms with van der Waals surface area (Å²) < 4.78 is 9.56. The minimum Gasteiger partial charge on any atom is -0.358 e. The number of rotatable bonds is 4. The van der Waals surface area contributed by atoms with E-state index in [-0.39, 0.29) is 7.43 Å². The van der Waals surface area contributed by atoms with Crippen LogP contribution in [0.2, 0.25) is 0 Å². The number of hydrogen-bond donors (Lipinski definition) is 1. The zero-order chi connectivity index (χ0) is 37.7. The molecule has 2 aromatic heterocycles. The molecule has 271 valence electrons. The Morgan fingerprint density at radius 2 is 0.679 bits per heavy atom. The summed E-state index contributed by atoms with van der Waals surface area (Å²) in [7, 11) is 4.34. The van der Waals surface area contributed by atoms with E-state index in [9.17, 15) is 0 Å². The SMILES string of the molecule is Brc1ccc2c(c1)c1cc(Br)ccc1n2-c1ccc(-c2ccccc2)cc1.[B]=NS.[CH3-].c1ccc(-c2ccc(-n3c4ccccc4c4ccccc43)cc2)cc1. The largest absolute Gasteiger partial charge is 0.358 e. The Labute approximate surface area is 351 Å². The summed E-state index contributed by atoms with van der Waals surface area (Å²) in [6.07, 6.45) is 0. The van der Waals surface area contributed by atoms with Crippen molar-refractivity contribution in [3.63, 3.8) is 0 Å². The predicted molar refractivity (Wildman–Crippen MR) is 251 cm³/mol. The van der Waals surface area contributed by atoms with Crippen LogP contribution in [-0.2, 0) is 0 Å². The van der Waals surface area contributed by atoms with Crippen LogP contribution in [0.25, 0.3) is 77.2 Å². The van der Waals surface area contributed by atoms with Crippen LogP contribution in [0.5, 0.6) is 0 Å². The molecule has 0 saturated carbocycles. The minimum atomic E-state index is 0. The molecule has 56 heavy (non-hydrogen) atoms. The normalized spacial score (nSPS) is 10.7. The molecular formula is C49H36BBr2N3S-. The van der Waals surface area contributed by atoms with E-state index in [4.69, 9.17) is 0 Å². The first kappa shape index (κ1) is 38.8. The number of thiol groups is 1. The molecule has 0 atom stereocenters. The van der Waals surface area contributed by atoms with Crippen molar-refractivity contribution in [2.75, 3.05) is 0 Å². The fourth-order valence-corrected chi connectivity index (χ4v) is 8.04. The summed E-state index contributed by atoms with van der Waals surface area (Å²) in [5.74, 6) is 0. The Kier molecular flexibility index (Phi) is 12.2. The summed E-state index contributed by atoms with van der Waals surface area (Å²) in [4.78, 5) is 0. The molecule has 0 aliphatic heterocycles. The van der Waals surface area contributed by atoms with E-state index in [2.05, 4.69) is 254 Å². The van der Waals surface area contributed by atoms with Crippen molar-refractivity contribution in [1.29, 1.82) is 0 Å². The molecular weight excluding hydrogens is 833 g/mol. The molecule has 0 aliphatic rings. The third-order valence-corrected chi connectivity index (χ3v) is 10.7. The summed E-state index contributed by atoms with van der Waals surface area (Å²) in [5.41, 5.74) is 12.2. The van der Waals surface area contributed by atoms with E-state index >= 15 is 0 Å². The molecule has 10 aromatic rings. The quantitative estimate of drug-likeness (QED) is 0.103. The van der Waals surface area contributed by atoms with Crippen LogP contribution in [0, 0.1) is 7.43 Å². The molecule has 7 heteroatoms. The van der Waals surface area contributed by atoms with E-state index in [1.165, 1.54) is 77.2 Å². The van der Waals surface area contributed by atoms with Crippen LogP contribution in [0.3, 0.4) is 0 Å². The third kappa shape index (κ3) is 7.81. The second-order valence-corrected chi connectivity index (χ2v) is 15.0. The van der Waals surface area contributed by atoms with Gasteiger partial charge in [0.25, 0.3) is 0 Å². The van der Waals surface area contributed by atoms with Gasteiger partial charge in [0.15, 0.2) is 0 Å². The summed E-state index contributed by atoms with van der Waals surface area (Å²) in [6.45, 7) is 0. The Morgan fingerprint density at radius 1 is 0.375 bits per heavy atom. The number of halogens is 2. The monoisotopic (exact) mass is 867 g/mol. The van der Waals surface area contributed by atoms with E-state index in [0.717, 1.165) is 8.95 Å². The van der Waals surface area contributed by atoms with Gasteiger partial charge in [-0.3, -0.25) is 0 Å². The number of aromatic nitrogens is 2. The summed E-state index contributed by atoms with van der Waals surface area (Å²) >= 11 is 10.4. The molecule has 0 spiro atoms. The van der Waals surface area contributed by atoms with Gasteiger partial charge in [0.1, 0.15) is 0 Å². The van der Waals surface area contributed by atoms with Crippen molar-refractivity contribution in [2.45, 2.75) is 0 Å². The first-order valence-corrected chi connectivity index (χ1v) is 19.8. The molecule has 0 N–H and O–H groups in total.